The number of para-hydroxylation sites is 1. The van der Waals surface area contributed by atoms with Gasteiger partial charge in [0.2, 0.25) is 0 Å². The maximum absolute atomic E-state index is 12.2. The van der Waals surface area contributed by atoms with E-state index >= 15 is 0 Å². The molecule has 2 aromatic rings. The van der Waals surface area contributed by atoms with Crippen LogP contribution in [-0.4, -0.2) is 16.6 Å². The van der Waals surface area contributed by atoms with Gasteiger partial charge in [0.25, 0.3) is 0 Å². The third kappa shape index (κ3) is 3.84. The van der Waals surface area contributed by atoms with Crippen molar-refractivity contribution in [3.05, 3.63) is 54.1 Å². The summed E-state index contributed by atoms with van der Waals surface area (Å²) in [5, 5.41) is 0. The Kier molecular flexibility index (Phi) is 5.18. The molecule has 1 unspecified atom stereocenters. The van der Waals surface area contributed by atoms with Gasteiger partial charge in [0, 0.05) is 16.3 Å². The van der Waals surface area contributed by atoms with E-state index in [1.807, 2.05) is 55.5 Å². The van der Waals surface area contributed by atoms with Gasteiger partial charge in [-0.2, -0.15) is 0 Å². The first-order valence-corrected chi connectivity index (χ1v) is 7.91. The van der Waals surface area contributed by atoms with Crippen LogP contribution in [0.1, 0.15) is 12.0 Å². The number of nitrogen functional groups attached to an aromatic ring is 1. The lowest BCUT2D eigenvalue weighted by molar-refractivity contribution is 0.318. The van der Waals surface area contributed by atoms with E-state index in [2.05, 4.69) is 0 Å². The Morgan fingerprint density at radius 2 is 1.85 bits per heavy atom. The van der Waals surface area contributed by atoms with E-state index in [4.69, 9.17) is 10.5 Å². The fourth-order valence-corrected chi connectivity index (χ4v) is 3.17. The van der Waals surface area contributed by atoms with Gasteiger partial charge in [0.1, 0.15) is 5.75 Å². The average Bonchev–Trinajstić information content (AvgIpc) is 2.47. The number of anilines is 1. The SMILES string of the molecule is Cc1c(N)cccc1S(=O)CCCOc1ccccc1. The predicted molar refractivity (Wildman–Crippen MR) is 83.4 cm³/mol. The molecular weight excluding hydrogens is 270 g/mol. The van der Waals surface area contributed by atoms with E-state index in [9.17, 15) is 4.21 Å². The average molecular weight is 289 g/mol. The van der Waals surface area contributed by atoms with Crippen molar-refractivity contribution in [2.24, 2.45) is 0 Å². The summed E-state index contributed by atoms with van der Waals surface area (Å²) < 4.78 is 17.8. The third-order valence-electron chi connectivity index (χ3n) is 3.06. The zero-order chi connectivity index (χ0) is 14.4. The van der Waals surface area contributed by atoms with Crippen molar-refractivity contribution < 1.29 is 8.95 Å². The molecule has 3 nitrogen and oxygen atoms in total. The van der Waals surface area contributed by atoms with Crippen molar-refractivity contribution in [3.63, 3.8) is 0 Å². The minimum atomic E-state index is -1.02. The third-order valence-corrected chi connectivity index (χ3v) is 4.65. The maximum atomic E-state index is 12.2. The fourth-order valence-electron chi connectivity index (χ4n) is 1.88. The van der Waals surface area contributed by atoms with Crippen LogP contribution in [0.25, 0.3) is 0 Å². The summed E-state index contributed by atoms with van der Waals surface area (Å²) in [4.78, 5) is 0.824. The summed E-state index contributed by atoms with van der Waals surface area (Å²) in [6.45, 7) is 2.47. The van der Waals surface area contributed by atoms with E-state index in [1.165, 1.54) is 0 Å². The Bertz CT molecular complexity index is 584. The Labute approximate surface area is 122 Å². The standard InChI is InChI=1S/C16H19NO2S/c1-13-15(17)9-5-10-16(13)20(18)12-6-11-19-14-7-3-2-4-8-14/h2-5,7-10H,6,11-12,17H2,1H3. The summed E-state index contributed by atoms with van der Waals surface area (Å²) in [6.07, 6.45) is 0.746. The van der Waals surface area contributed by atoms with Crippen LogP contribution in [0.3, 0.4) is 0 Å². The van der Waals surface area contributed by atoms with Crippen LogP contribution < -0.4 is 10.5 Å². The van der Waals surface area contributed by atoms with E-state index < -0.39 is 10.8 Å². The van der Waals surface area contributed by atoms with Gasteiger partial charge in [-0.05, 0) is 43.2 Å². The highest BCUT2D eigenvalue weighted by Gasteiger charge is 2.08. The molecule has 0 aliphatic heterocycles. The first-order chi connectivity index (χ1) is 9.68. The largest absolute Gasteiger partial charge is 0.494 e. The normalized spacial score (nSPS) is 12.1. The van der Waals surface area contributed by atoms with Gasteiger partial charge < -0.3 is 10.5 Å². The van der Waals surface area contributed by atoms with Gasteiger partial charge in [-0.1, -0.05) is 24.3 Å². The maximum Gasteiger partial charge on any atom is 0.119 e. The van der Waals surface area contributed by atoms with Gasteiger partial charge in [0.15, 0.2) is 0 Å². The fraction of sp³-hybridized carbons (Fsp3) is 0.250. The molecule has 0 radical (unpaired) electrons. The molecule has 0 saturated heterocycles. The summed E-state index contributed by atoms with van der Waals surface area (Å²) in [5.41, 5.74) is 7.43. The van der Waals surface area contributed by atoms with Gasteiger partial charge >= 0.3 is 0 Å². The minimum absolute atomic E-state index is 0.567. The van der Waals surface area contributed by atoms with Crippen molar-refractivity contribution >= 4 is 16.5 Å². The molecule has 0 saturated carbocycles. The van der Waals surface area contributed by atoms with Gasteiger partial charge in [-0.25, -0.2) is 0 Å². The van der Waals surface area contributed by atoms with Crippen LogP contribution in [0.4, 0.5) is 5.69 Å². The molecule has 0 aliphatic carbocycles. The second-order valence-corrected chi connectivity index (χ2v) is 6.07. The molecule has 0 heterocycles. The molecule has 0 aromatic heterocycles. The molecule has 2 N–H and O–H groups in total. The highest BCUT2D eigenvalue weighted by atomic mass is 32.2. The second kappa shape index (κ2) is 7.10. The molecule has 106 valence electrons. The predicted octanol–water partition coefficient (Wildman–Crippen LogP) is 3.15. The number of hydrogen-bond acceptors (Lipinski definition) is 3. The lowest BCUT2D eigenvalue weighted by Crippen LogP contribution is -2.06. The molecule has 20 heavy (non-hydrogen) atoms. The van der Waals surface area contributed by atoms with Crippen LogP contribution in [0.5, 0.6) is 5.75 Å². The van der Waals surface area contributed by atoms with Crippen LogP contribution in [0, 0.1) is 6.92 Å². The zero-order valence-electron chi connectivity index (χ0n) is 11.5. The van der Waals surface area contributed by atoms with Crippen molar-refractivity contribution in [3.8, 4) is 5.75 Å². The molecular formula is C16H19NO2S. The summed E-state index contributed by atoms with van der Waals surface area (Å²) in [7, 11) is -1.02. The summed E-state index contributed by atoms with van der Waals surface area (Å²) >= 11 is 0. The van der Waals surface area contributed by atoms with Crippen LogP contribution in [0.2, 0.25) is 0 Å². The van der Waals surface area contributed by atoms with Crippen molar-refractivity contribution in [1.29, 1.82) is 0 Å². The van der Waals surface area contributed by atoms with E-state index in [0.717, 1.165) is 22.6 Å². The monoisotopic (exact) mass is 289 g/mol. The van der Waals surface area contributed by atoms with Crippen molar-refractivity contribution in [1.82, 2.24) is 0 Å². The molecule has 0 amide bonds. The molecule has 2 rings (SSSR count). The smallest absolute Gasteiger partial charge is 0.119 e. The number of rotatable bonds is 6. The molecule has 0 aliphatic rings. The summed E-state index contributed by atoms with van der Waals surface area (Å²) in [5.74, 6) is 1.43. The Morgan fingerprint density at radius 1 is 1.10 bits per heavy atom. The minimum Gasteiger partial charge on any atom is -0.494 e. The number of benzene rings is 2. The van der Waals surface area contributed by atoms with Crippen LogP contribution >= 0.6 is 0 Å². The quantitative estimate of drug-likeness (QED) is 0.656. The van der Waals surface area contributed by atoms with Crippen molar-refractivity contribution in [2.75, 3.05) is 18.1 Å². The van der Waals surface area contributed by atoms with Crippen LogP contribution in [-0.2, 0) is 10.8 Å². The lowest BCUT2D eigenvalue weighted by Gasteiger charge is -2.09. The van der Waals surface area contributed by atoms with E-state index in [0.29, 0.717) is 18.0 Å². The number of hydrogen-bond donors (Lipinski definition) is 1. The topological polar surface area (TPSA) is 52.3 Å². The number of ether oxygens (including phenoxy) is 1. The molecule has 0 spiro atoms. The Morgan fingerprint density at radius 3 is 2.60 bits per heavy atom. The first-order valence-electron chi connectivity index (χ1n) is 6.60. The highest BCUT2D eigenvalue weighted by molar-refractivity contribution is 7.85. The van der Waals surface area contributed by atoms with Crippen LogP contribution in [0.15, 0.2) is 53.4 Å². The number of nitrogens with two attached hydrogens (primary N) is 1. The second-order valence-electron chi connectivity index (χ2n) is 4.54. The highest BCUT2D eigenvalue weighted by Crippen LogP contribution is 2.19. The zero-order valence-corrected chi connectivity index (χ0v) is 12.4. The Hall–Kier alpha value is -1.81. The van der Waals surface area contributed by atoms with E-state index in [-0.39, 0.29) is 0 Å². The van der Waals surface area contributed by atoms with Crippen molar-refractivity contribution in [2.45, 2.75) is 18.2 Å². The lowest BCUT2D eigenvalue weighted by atomic mass is 10.2. The van der Waals surface area contributed by atoms with Gasteiger partial charge in [-0.15, -0.1) is 0 Å². The van der Waals surface area contributed by atoms with Gasteiger partial charge in [-0.3, -0.25) is 4.21 Å². The molecule has 0 bridgehead atoms. The molecule has 1 atom stereocenters. The Balaban J connectivity index is 1.82. The van der Waals surface area contributed by atoms with E-state index in [1.54, 1.807) is 0 Å². The molecule has 0 fully saturated rings. The van der Waals surface area contributed by atoms with Gasteiger partial charge in [0.05, 0.1) is 17.4 Å². The summed E-state index contributed by atoms with van der Waals surface area (Å²) in [6, 6.07) is 15.2. The molecule has 2 aromatic carbocycles. The molecule has 4 heteroatoms. The first kappa shape index (κ1) is 14.6.